The van der Waals surface area contributed by atoms with Crippen molar-refractivity contribution in [3.05, 3.63) is 49.1 Å². The number of rotatable bonds is 4. The maximum absolute atomic E-state index is 5.99. The van der Waals surface area contributed by atoms with Crippen molar-refractivity contribution in [3.8, 4) is 5.75 Å². The van der Waals surface area contributed by atoms with E-state index in [1.54, 1.807) is 6.20 Å². The second-order valence-electron chi connectivity index (χ2n) is 4.81. The lowest BCUT2D eigenvalue weighted by atomic mass is 10.1. The van der Waals surface area contributed by atoms with E-state index in [9.17, 15) is 0 Å². The first-order valence-electron chi connectivity index (χ1n) is 6.73. The molecule has 2 aromatic rings. The smallest absolute Gasteiger partial charge is 0.200 e. The van der Waals surface area contributed by atoms with Gasteiger partial charge in [0, 0.05) is 25.4 Å². The van der Waals surface area contributed by atoms with Crippen molar-refractivity contribution in [2.45, 2.75) is 38.2 Å². The van der Waals surface area contributed by atoms with Crippen LogP contribution < -0.4 is 4.74 Å². The molecule has 19 heavy (non-hydrogen) atoms. The Labute approximate surface area is 113 Å². The summed E-state index contributed by atoms with van der Waals surface area (Å²) in [7, 11) is 0. The molecule has 4 nitrogen and oxygen atoms in total. The second-order valence-corrected chi connectivity index (χ2v) is 4.81. The van der Waals surface area contributed by atoms with Crippen LogP contribution in [0, 0.1) is 0 Å². The molecule has 1 aromatic heterocycles. The van der Waals surface area contributed by atoms with E-state index >= 15 is 0 Å². The fourth-order valence-corrected chi connectivity index (χ4v) is 2.36. The maximum atomic E-state index is 5.99. The molecule has 0 amide bonds. The van der Waals surface area contributed by atoms with Crippen molar-refractivity contribution in [1.82, 2.24) is 9.55 Å². The molecule has 2 atom stereocenters. The fraction of sp³-hybridized carbons (Fsp3) is 0.400. The summed E-state index contributed by atoms with van der Waals surface area (Å²) in [5, 5.41) is 0. The van der Waals surface area contributed by atoms with Crippen LogP contribution in [0.1, 0.15) is 19.3 Å². The first-order valence-corrected chi connectivity index (χ1v) is 6.73. The average Bonchev–Trinajstić information content (AvgIpc) is 2.93. The SMILES string of the molecule is c1ccc(O[C@@H]2CCC[C@H](Cn3ccnc3)O2)cc1. The molecule has 2 heterocycles. The predicted octanol–water partition coefficient (Wildman–Crippen LogP) is 2.86. The first kappa shape index (κ1) is 12.2. The summed E-state index contributed by atoms with van der Waals surface area (Å²) in [4.78, 5) is 4.05. The van der Waals surface area contributed by atoms with E-state index in [4.69, 9.17) is 9.47 Å². The van der Waals surface area contributed by atoms with Gasteiger partial charge in [-0.05, 0) is 25.0 Å². The van der Waals surface area contributed by atoms with E-state index in [1.807, 2.05) is 42.9 Å². The van der Waals surface area contributed by atoms with Gasteiger partial charge < -0.3 is 14.0 Å². The number of hydrogen-bond acceptors (Lipinski definition) is 3. The summed E-state index contributed by atoms with van der Waals surface area (Å²) < 4.78 is 13.9. The number of ether oxygens (including phenoxy) is 2. The van der Waals surface area contributed by atoms with Crippen molar-refractivity contribution < 1.29 is 9.47 Å². The zero-order valence-electron chi connectivity index (χ0n) is 10.8. The van der Waals surface area contributed by atoms with E-state index < -0.39 is 0 Å². The quantitative estimate of drug-likeness (QED) is 0.846. The van der Waals surface area contributed by atoms with Crippen LogP contribution in [-0.2, 0) is 11.3 Å². The van der Waals surface area contributed by atoms with Gasteiger partial charge in [-0.25, -0.2) is 4.98 Å². The van der Waals surface area contributed by atoms with E-state index in [1.165, 1.54) is 0 Å². The van der Waals surface area contributed by atoms with Crippen molar-refractivity contribution >= 4 is 0 Å². The van der Waals surface area contributed by atoms with Crippen LogP contribution in [-0.4, -0.2) is 21.9 Å². The summed E-state index contributed by atoms with van der Waals surface area (Å²) >= 11 is 0. The van der Waals surface area contributed by atoms with Gasteiger partial charge in [-0.15, -0.1) is 0 Å². The zero-order chi connectivity index (χ0) is 12.9. The molecule has 1 aliphatic rings. The Morgan fingerprint density at radius 1 is 1.26 bits per heavy atom. The molecule has 1 fully saturated rings. The van der Waals surface area contributed by atoms with Gasteiger partial charge in [0.05, 0.1) is 12.4 Å². The van der Waals surface area contributed by atoms with Gasteiger partial charge in [0.15, 0.2) is 6.29 Å². The number of para-hydroxylation sites is 1. The van der Waals surface area contributed by atoms with Crippen LogP contribution in [0.15, 0.2) is 49.1 Å². The summed E-state index contributed by atoms with van der Waals surface area (Å²) in [5.74, 6) is 0.871. The Kier molecular flexibility index (Phi) is 3.79. The van der Waals surface area contributed by atoms with E-state index in [2.05, 4.69) is 9.55 Å². The molecule has 0 bridgehead atoms. The molecule has 0 radical (unpaired) electrons. The Morgan fingerprint density at radius 2 is 2.16 bits per heavy atom. The minimum Gasteiger partial charge on any atom is -0.465 e. The molecule has 1 saturated heterocycles. The molecule has 0 aliphatic carbocycles. The molecule has 1 aliphatic heterocycles. The van der Waals surface area contributed by atoms with Gasteiger partial charge in [0.25, 0.3) is 0 Å². The van der Waals surface area contributed by atoms with E-state index in [-0.39, 0.29) is 12.4 Å². The molecular weight excluding hydrogens is 240 g/mol. The monoisotopic (exact) mass is 258 g/mol. The summed E-state index contributed by atoms with van der Waals surface area (Å²) in [6.45, 7) is 0.842. The Bertz CT molecular complexity index is 484. The number of benzene rings is 1. The standard InChI is InChI=1S/C15H18N2O2/c1-2-5-13(6-3-1)18-15-8-4-7-14(19-15)11-17-10-9-16-12-17/h1-3,5-6,9-10,12,14-15H,4,7-8,11H2/t14-,15+/m1/s1. The lowest BCUT2D eigenvalue weighted by Gasteiger charge is -2.30. The number of aromatic nitrogens is 2. The van der Waals surface area contributed by atoms with Crippen LogP contribution >= 0.6 is 0 Å². The van der Waals surface area contributed by atoms with Gasteiger partial charge in [0.1, 0.15) is 5.75 Å². The van der Waals surface area contributed by atoms with Crippen molar-refractivity contribution in [2.75, 3.05) is 0 Å². The lowest BCUT2D eigenvalue weighted by Crippen LogP contribution is -2.34. The summed E-state index contributed by atoms with van der Waals surface area (Å²) in [6, 6.07) is 9.85. The zero-order valence-corrected chi connectivity index (χ0v) is 10.8. The van der Waals surface area contributed by atoms with E-state index in [0.29, 0.717) is 0 Å². The molecule has 0 saturated carbocycles. The van der Waals surface area contributed by atoms with E-state index in [0.717, 1.165) is 31.6 Å². The average molecular weight is 258 g/mol. The first-order chi connectivity index (χ1) is 9.40. The Balaban J connectivity index is 1.56. The predicted molar refractivity (Wildman–Crippen MR) is 71.8 cm³/mol. The molecule has 0 unspecified atom stereocenters. The third kappa shape index (κ3) is 3.35. The molecule has 4 heteroatoms. The Morgan fingerprint density at radius 3 is 2.95 bits per heavy atom. The molecule has 0 N–H and O–H groups in total. The van der Waals surface area contributed by atoms with Crippen molar-refractivity contribution in [1.29, 1.82) is 0 Å². The number of imidazole rings is 1. The highest BCUT2D eigenvalue weighted by atomic mass is 16.7. The van der Waals surface area contributed by atoms with Gasteiger partial charge >= 0.3 is 0 Å². The summed E-state index contributed by atoms with van der Waals surface area (Å²) in [6.07, 6.45) is 8.82. The van der Waals surface area contributed by atoms with Gasteiger partial charge in [-0.2, -0.15) is 0 Å². The number of hydrogen-bond donors (Lipinski definition) is 0. The highest BCUT2D eigenvalue weighted by Crippen LogP contribution is 2.23. The minimum absolute atomic E-state index is 0.135. The molecular formula is C15H18N2O2. The van der Waals surface area contributed by atoms with Crippen LogP contribution in [0.4, 0.5) is 0 Å². The molecule has 100 valence electrons. The van der Waals surface area contributed by atoms with Crippen molar-refractivity contribution in [3.63, 3.8) is 0 Å². The lowest BCUT2D eigenvalue weighted by molar-refractivity contribution is -0.151. The van der Waals surface area contributed by atoms with Crippen LogP contribution in [0.25, 0.3) is 0 Å². The fourth-order valence-electron chi connectivity index (χ4n) is 2.36. The highest BCUT2D eigenvalue weighted by molar-refractivity contribution is 5.21. The summed E-state index contributed by atoms with van der Waals surface area (Å²) in [5.41, 5.74) is 0. The Hall–Kier alpha value is -1.81. The topological polar surface area (TPSA) is 36.3 Å². The maximum Gasteiger partial charge on any atom is 0.200 e. The molecule has 3 rings (SSSR count). The van der Waals surface area contributed by atoms with Crippen LogP contribution in [0.2, 0.25) is 0 Å². The largest absolute Gasteiger partial charge is 0.465 e. The highest BCUT2D eigenvalue weighted by Gasteiger charge is 2.23. The molecule has 0 spiro atoms. The third-order valence-corrected chi connectivity index (χ3v) is 3.29. The third-order valence-electron chi connectivity index (χ3n) is 3.29. The van der Waals surface area contributed by atoms with Gasteiger partial charge in [-0.3, -0.25) is 0 Å². The van der Waals surface area contributed by atoms with Gasteiger partial charge in [-0.1, -0.05) is 18.2 Å². The van der Waals surface area contributed by atoms with Crippen LogP contribution in [0.5, 0.6) is 5.75 Å². The van der Waals surface area contributed by atoms with Crippen molar-refractivity contribution in [2.24, 2.45) is 0 Å². The number of nitrogens with zero attached hydrogens (tertiary/aromatic N) is 2. The second kappa shape index (κ2) is 5.89. The minimum atomic E-state index is -0.135. The van der Waals surface area contributed by atoms with Crippen LogP contribution in [0.3, 0.4) is 0 Å². The normalized spacial score (nSPS) is 23.2. The molecule has 1 aromatic carbocycles. The van der Waals surface area contributed by atoms with Gasteiger partial charge in [0.2, 0.25) is 0 Å².